The molecule has 1 N–H and O–H groups in total. The summed E-state index contributed by atoms with van der Waals surface area (Å²) in [7, 11) is 0. The van der Waals surface area contributed by atoms with Crippen molar-refractivity contribution in [2.24, 2.45) is 5.92 Å². The van der Waals surface area contributed by atoms with Gasteiger partial charge >= 0.3 is 0 Å². The Morgan fingerprint density at radius 2 is 2.10 bits per heavy atom. The van der Waals surface area contributed by atoms with Gasteiger partial charge in [0.2, 0.25) is 5.91 Å². The molecule has 0 fully saturated rings. The molecule has 3 aromatic rings. The van der Waals surface area contributed by atoms with Crippen LogP contribution in [0.4, 0.5) is 5.69 Å². The minimum absolute atomic E-state index is 0.0193. The highest BCUT2D eigenvalue weighted by molar-refractivity contribution is 7.99. The predicted octanol–water partition coefficient (Wildman–Crippen LogP) is 5.12. The van der Waals surface area contributed by atoms with Crippen molar-refractivity contribution < 1.29 is 4.79 Å². The highest BCUT2D eigenvalue weighted by Gasteiger charge is 2.24. The van der Waals surface area contributed by atoms with Gasteiger partial charge < -0.3 is 5.32 Å². The van der Waals surface area contributed by atoms with E-state index in [9.17, 15) is 9.59 Å². The Morgan fingerprint density at radius 3 is 2.81 bits per heavy atom. The van der Waals surface area contributed by atoms with E-state index in [1.165, 1.54) is 22.2 Å². The average Bonchev–Trinajstić information content (AvgIpc) is 3.05. The van der Waals surface area contributed by atoms with Crippen LogP contribution in [-0.2, 0) is 24.2 Å². The molecule has 0 aliphatic heterocycles. The van der Waals surface area contributed by atoms with Crippen molar-refractivity contribution in [2.75, 3.05) is 11.1 Å². The van der Waals surface area contributed by atoms with Crippen LogP contribution in [0.25, 0.3) is 10.2 Å². The van der Waals surface area contributed by atoms with E-state index in [0.717, 1.165) is 46.3 Å². The molecular weight excluding hydrogens is 426 g/mol. The summed E-state index contributed by atoms with van der Waals surface area (Å²) in [5.41, 5.74) is 4.15. The Kier molecular flexibility index (Phi) is 6.34. The molecule has 1 unspecified atom stereocenters. The molecule has 4 rings (SSSR count). The number of nitrogens with zero attached hydrogens (tertiary/aromatic N) is 2. The number of thioether (sulfide) groups is 1. The number of rotatable bonds is 6. The summed E-state index contributed by atoms with van der Waals surface area (Å²) in [4.78, 5) is 32.8. The van der Waals surface area contributed by atoms with E-state index in [-0.39, 0.29) is 17.2 Å². The minimum Gasteiger partial charge on any atom is -0.325 e. The molecule has 0 radical (unpaired) electrons. The first-order chi connectivity index (χ1) is 14.9. The van der Waals surface area contributed by atoms with Gasteiger partial charge in [-0.3, -0.25) is 14.2 Å². The molecule has 2 aromatic heterocycles. The molecule has 2 heterocycles. The maximum Gasteiger partial charge on any atom is 0.263 e. The van der Waals surface area contributed by atoms with Crippen molar-refractivity contribution in [3.8, 4) is 0 Å². The third-order valence-corrected chi connectivity index (χ3v) is 7.65. The number of fused-ring (bicyclic) bond motifs is 3. The van der Waals surface area contributed by atoms with Gasteiger partial charge in [-0.15, -0.1) is 17.9 Å². The average molecular weight is 454 g/mol. The maximum atomic E-state index is 13.3. The predicted molar refractivity (Wildman–Crippen MR) is 131 cm³/mol. The molecule has 162 valence electrons. The fraction of sp³-hybridized carbons (Fsp3) is 0.375. The topological polar surface area (TPSA) is 64.0 Å². The van der Waals surface area contributed by atoms with Crippen LogP contribution >= 0.6 is 23.1 Å². The standard InChI is InChI=1S/C24H27N3O2S2/c1-5-8-27-23(29)21-18-7-6-14(2)12-19(18)31-22(21)26-24(27)30-13-20(28)25-17-10-15(3)9-16(4)11-17/h5,9-11,14H,1,6-8,12-13H2,2-4H3,(H,25,28). The summed E-state index contributed by atoms with van der Waals surface area (Å²) in [6, 6.07) is 5.97. The number of aromatic nitrogens is 2. The second kappa shape index (κ2) is 9.01. The van der Waals surface area contributed by atoms with Gasteiger partial charge in [-0.2, -0.15) is 0 Å². The Bertz CT molecular complexity index is 1210. The lowest BCUT2D eigenvalue weighted by Gasteiger charge is -2.17. The van der Waals surface area contributed by atoms with Gasteiger partial charge in [0.15, 0.2) is 5.16 Å². The highest BCUT2D eigenvalue weighted by atomic mass is 32.2. The van der Waals surface area contributed by atoms with Gasteiger partial charge in [0.1, 0.15) is 4.83 Å². The second-order valence-electron chi connectivity index (χ2n) is 8.34. The first-order valence-corrected chi connectivity index (χ1v) is 12.3. The zero-order valence-corrected chi connectivity index (χ0v) is 19.8. The van der Waals surface area contributed by atoms with Crippen molar-refractivity contribution in [3.63, 3.8) is 0 Å². The largest absolute Gasteiger partial charge is 0.325 e. The smallest absolute Gasteiger partial charge is 0.263 e. The number of anilines is 1. The van der Waals surface area contributed by atoms with Crippen molar-refractivity contribution in [1.29, 1.82) is 0 Å². The van der Waals surface area contributed by atoms with Crippen LogP contribution in [-0.4, -0.2) is 21.2 Å². The Labute approximate surface area is 190 Å². The first kappa shape index (κ1) is 21.8. The SMILES string of the molecule is C=CCn1c(SCC(=O)Nc2cc(C)cc(C)c2)nc2sc3c(c2c1=O)CCC(C)C3. The number of thiophene rings is 1. The van der Waals surface area contributed by atoms with E-state index >= 15 is 0 Å². The summed E-state index contributed by atoms with van der Waals surface area (Å²) >= 11 is 2.93. The maximum absolute atomic E-state index is 13.3. The van der Waals surface area contributed by atoms with E-state index in [2.05, 4.69) is 24.9 Å². The molecule has 1 aromatic carbocycles. The fourth-order valence-corrected chi connectivity index (χ4v) is 6.41. The van der Waals surface area contributed by atoms with Crippen LogP contribution < -0.4 is 10.9 Å². The van der Waals surface area contributed by atoms with Crippen molar-refractivity contribution in [2.45, 2.75) is 51.7 Å². The molecule has 31 heavy (non-hydrogen) atoms. The third-order valence-electron chi connectivity index (χ3n) is 5.53. The van der Waals surface area contributed by atoms with Crippen LogP contribution in [0.3, 0.4) is 0 Å². The quantitative estimate of drug-likeness (QED) is 0.320. The molecule has 0 bridgehead atoms. The third kappa shape index (κ3) is 4.62. The lowest BCUT2D eigenvalue weighted by atomic mass is 9.89. The van der Waals surface area contributed by atoms with E-state index < -0.39 is 0 Å². The summed E-state index contributed by atoms with van der Waals surface area (Å²) in [6.45, 7) is 10.4. The van der Waals surface area contributed by atoms with Crippen molar-refractivity contribution in [3.05, 3.63) is 62.8 Å². The normalized spacial score (nSPS) is 15.6. The molecule has 5 nitrogen and oxygen atoms in total. The Hall–Kier alpha value is -2.38. The van der Waals surface area contributed by atoms with E-state index in [4.69, 9.17) is 4.98 Å². The monoisotopic (exact) mass is 453 g/mol. The van der Waals surface area contributed by atoms with Gasteiger partial charge in [-0.05, 0) is 67.9 Å². The Balaban J connectivity index is 1.60. The molecule has 7 heteroatoms. The zero-order chi connectivity index (χ0) is 22.1. The molecular formula is C24H27N3O2S2. The molecule has 1 amide bonds. The lowest BCUT2D eigenvalue weighted by Crippen LogP contribution is -2.24. The number of amides is 1. The molecule has 0 spiro atoms. The van der Waals surface area contributed by atoms with Gasteiger partial charge in [0.25, 0.3) is 5.56 Å². The fourth-order valence-electron chi connectivity index (χ4n) is 4.18. The van der Waals surface area contributed by atoms with E-state index in [1.54, 1.807) is 22.0 Å². The van der Waals surface area contributed by atoms with Crippen LogP contribution in [0.2, 0.25) is 0 Å². The number of carbonyl (C=O) groups is 1. The molecule has 0 saturated carbocycles. The van der Waals surface area contributed by atoms with Crippen molar-refractivity contribution in [1.82, 2.24) is 9.55 Å². The summed E-state index contributed by atoms with van der Waals surface area (Å²) in [5.74, 6) is 0.706. The summed E-state index contributed by atoms with van der Waals surface area (Å²) in [6.07, 6.45) is 4.76. The molecule has 1 aliphatic carbocycles. The van der Waals surface area contributed by atoms with E-state index in [1.807, 2.05) is 26.0 Å². The number of hydrogen-bond acceptors (Lipinski definition) is 5. The second-order valence-corrected chi connectivity index (χ2v) is 10.4. The van der Waals surface area contributed by atoms with Gasteiger partial charge in [-0.25, -0.2) is 4.98 Å². The number of benzene rings is 1. The number of allylic oxidation sites excluding steroid dienone is 1. The zero-order valence-electron chi connectivity index (χ0n) is 18.2. The van der Waals surface area contributed by atoms with Crippen LogP contribution in [0.15, 0.2) is 40.8 Å². The number of aryl methyl sites for hydroxylation is 3. The van der Waals surface area contributed by atoms with Gasteiger partial charge in [0.05, 0.1) is 11.1 Å². The lowest BCUT2D eigenvalue weighted by molar-refractivity contribution is -0.113. The highest BCUT2D eigenvalue weighted by Crippen LogP contribution is 2.36. The summed E-state index contributed by atoms with van der Waals surface area (Å²) < 4.78 is 1.65. The summed E-state index contributed by atoms with van der Waals surface area (Å²) in [5, 5.41) is 4.28. The number of carbonyl (C=O) groups excluding carboxylic acids is 1. The number of nitrogens with one attached hydrogen (secondary N) is 1. The molecule has 0 saturated heterocycles. The minimum atomic E-state index is -0.117. The molecule has 1 aliphatic rings. The number of hydrogen-bond donors (Lipinski definition) is 1. The van der Waals surface area contributed by atoms with Gasteiger partial charge in [-0.1, -0.05) is 30.8 Å². The van der Waals surface area contributed by atoms with Crippen molar-refractivity contribution >= 4 is 44.9 Å². The van der Waals surface area contributed by atoms with E-state index in [0.29, 0.717) is 17.6 Å². The Morgan fingerprint density at radius 1 is 1.35 bits per heavy atom. The van der Waals surface area contributed by atoms with Gasteiger partial charge in [0, 0.05) is 17.1 Å². The van der Waals surface area contributed by atoms with Crippen LogP contribution in [0, 0.1) is 19.8 Å². The first-order valence-electron chi connectivity index (χ1n) is 10.5. The van der Waals surface area contributed by atoms with Crippen LogP contribution in [0.1, 0.15) is 34.9 Å². The van der Waals surface area contributed by atoms with Crippen LogP contribution in [0.5, 0.6) is 0 Å². The molecule has 1 atom stereocenters.